The largest absolute Gasteiger partial charge is 0.444 e. The maximum absolute atomic E-state index is 17.3. The number of amides is 2. The summed E-state index contributed by atoms with van der Waals surface area (Å²) >= 11 is 0. The Morgan fingerprint density at radius 1 is 1.03 bits per heavy atom. The van der Waals surface area contributed by atoms with E-state index >= 15 is 4.39 Å². The quantitative estimate of drug-likeness (QED) is 0.510. The van der Waals surface area contributed by atoms with E-state index in [0.717, 1.165) is 11.1 Å². The van der Waals surface area contributed by atoms with Crippen LogP contribution in [0.3, 0.4) is 0 Å². The normalized spacial score (nSPS) is 18.4. The van der Waals surface area contributed by atoms with E-state index in [0.29, 0.717) is 11.3 Å². The van der Waals surface area contributed by atoms with E-state index < -0.39 is 29.3 Å². The SMILES string of the molecule is Cc1ccc2c(c1)[C@](F)([C@@H](NC(=O)OC(C)(C)C)c1ccccc1)C(=O)N2Cc1ccccc1. The van der Waals surface area contributed by atoms with E-state index in [1.807, 2.05) is 43.3 Å². The number of halogens is 1. The van der Waals surface area contributed by atoms with Gasteiger partial charge in [-0.05, 0) is 44.9 Å². The van der Waals surface area contributed by atoms with Gasteiger partial charge in [0.1, 0.15) is 11.6 Å². The number of hydrogen-bond donors (Lipinski definition) is 1. The molecule has 6 heteroatoms. The molecule has 2 atom stereocenters. The fourth-order valence-electron chi connectivity index (χ4n) is 4.28. The number of nitrogens with one attached hydrogen (secondary N) is 1. The van der Waals surface area contributed by atoms with Crippen LogP contribution in [-0.2, 0) is 21.7 Å². The Hall–Kier alpha value is -3.67. The van der Waals surface area contributed by atoms with Crippen LogP contribution in [0.5, 0.6) is 0 Å². The van der Waals surface area contributed by atoms with Gasteiger partial charge in [0.25, 0.3) is 5.91 Å². The molecule has 0 aliphatic carbocycles. The highest BCUT2D eigenvalue weighted by Crippen LogP contribution is 2.51. The van der Waals surface area contributed by atoms with Gasteiger partial charge in [-0.2, -0.15) is 0 Å². The van der Waals surface area contributed by atoms with Gasteiger partial charge in [-0.1, -0.05) is 78.4 Å². The molecule has 34 heavy (non-hydrogen) atoms. The second kappa shape index (κ2) is 8.93. The van der Waals surface area contributed by atoms with E-state index in [2.05, 4.69) is 5.32 Å². The van der Waals surface area contributed by atoms with Gasteiger partial charge in [-0.25, -0.2) is 9.18 Å². The Labute approximate surface area is 199 Å². The van der Waals surface area contributed by atoms with Crippen LogP contribution in [0.1, 0.15) is 49.1 Å². The minimum atomic E-state index is -2.52. The van der Waals surface area contributed by atoms with Gasteiger partial charge in [0.05, 0.1) is 12.2 Å². The van der Waals surface area contributed by atoms with Gasteiger partial charge in [0.2, 0.25) is 5.67 Å². The molecule has 3 aromatic carbocycles. The van der Waals surface area contributed by atoms with Crippen molar-refractivity contribution in [1.82, 2.24) is 5.32 Å². The highest BCUT2D eigenvalue weighted by atomic mass is 19.1. The molecule has 4 rings (SSSR count). The molecule has 1 heterocycles. The van der Waals surface area contributed by atoms with Crippen LogP contribution in [0.4, 0.5) is 14.9 Å². The summed E-state index contributed by atoms with van der Waals surface area (Å²) in [6.45, 7) is 7.27. The number of benzene rings is 3. The first kappa shape index (κ1) is 23.5. The summed E-state index contributed by atoms with van der Waals surface area (Å²) in [7, 11) is 0. The molecule has 0 aromatic heterocycles. The molecule has 3 aromatic rings. The maximum atomic E-state index is 17.3. The first-order valence-corrected chi connectivity index (χ1v) is 11.3. The van der Waals surface area contributed by atoms with Crippen molar-refractivity contribution in [3.63, 3.8) is 0 Å². The highest BCUT2D eigenvalue weighted by Gasteiger charge is 2.58. The molecule has 0 fully saturated rings. The first-order valence-electron chi connectivity index (χ1n) is 11.3. The van der Waals surface area contributed by atoms with Crippen LogP contribution in [0, 0.1) is 6.92 Å². The Balaban J connectivity index is 1.82. The first-order chi connectivity index (χ1) is 16.1. The topological polar surface area (TPSA) is 58.6 Å². The molecule has 2 amide bonds. The standard InChI is InChI=1S/C28H29FN2O3/c1-19-15-16-23-22(17-19)28(29,25(32)31(23)18-20-11-7-5-8-12-20)24(21-13-9-6-10-14-21)30-26(33)34-27(2,3)4/h5-17,24H,18H2,1-4H3,(H,30,33)/t24-,28-/m0/s1. The van der Waals surface area contributed by atoms with Crippen LogP contribution in [0.2, 0.25) is 0 Å². The average molecular weight is 461 g/mol. The van der Waals surface area contributed by atoms with Crippen molar-refractivity contribution in [3.8, 4) is 0 Å². The molecule has 0 saturated heterocycles. The lowest BCUT2D eigenvalue weighted by Gasteiger charge is -2.32. The van der Waals surface area contributed by atoms with Crippen molar-refractivity contribution in [3.05, 3.63) is 101 Å². The van der Waals surface area contributed by atoms with Gasteiger partial charge in [-0.15, -0.1) is 0 Å². The highest BCUT2D eigenvalue weighted by molar-refractivity contribution is 6.08. The Morgan fingerprint density at radius 2 is 1.65 bits per heavy atom. The van der Waals surface area contributed by atoms with E-state index in [1.54, 1.807) is 63.2 Å². The zero-order chi connectivity index (χ0) is 24.5. The summed E-state index contributed by atoms with van der Waals surface area (Å²) in [5, 5.41) is 2.66. The Morgan fingerprint density at radius 3 is 2.26 bits per heavy atom. The lowest BCUT2D eigenvalue weighted by atomic mass is 9.84. The number of alkyl carbamates (subject to hydrolysis) is 1. The van der Waals surface area contributed by atoms with Crippen LogP contribution in [0.25, 0.3) is 0 Å². The predicted octanol–water partition coefficient (Wildman–Crippen LogP) is 5.97. The van der Waals surface area contributed by atoms with Crippen molar-refractivity contribution in [1.29, 1.82) is 0 Å². The third-order valence-corrected chi connectivity index (χ3v) is 5.77. The molecule has 1 aliphatic heterocycles. The second-order valence-electron chi connectivity index (χ2n) is 9.60. The number of aryl methyl sites for hydroxylation is 1. The number of ether oxygens (including phenoxy) is 1. The van der Waals surface area contributed by atoms with Crippen molar-refractivity contribution in [2.75, 3.05) is 4.90 Å². The van der Waals surface area contributed by atoms with Gasteiger partial charge < -0.3 is 15.0 Å². The number of nitrogens with zero attached hydrogens (tertiary/aromatic N) is 1. The van der Waals surface area contributed by atoms with Crippen molar-refractivity contribution in [2.45, 2.75) is 51.6 Å². The number of rotatable bonds is 5. The van der Waals surface area contributed by atoms with Crippen molar-refractivity contribution < 1.29 is 18.7 Å². The van der Waals surface area contributed by atoms with Crippen LogP contribution >= 0.6 is 0 Å². The van der Waals surface area contributed by atoms with Crippen LogP contribution < -0.4 is 10.2 Å². The van der Waals surface area contributed by atoms with E-state index in [1.165, 1.54) is 4.90 Å². The predicted molar refractivity (Wildman–Crippen MR) is 130 cm³/mol. The minimum absolute atomic E-state index is 0.218. The zero-order valence-corrected chi connectivity index (χ0v) is 19.8. The number of alkyl halides is 1. The number of fused-ring (bicyclic) bond motifs is 1. The Bertz CT molecular complexity index is 1190. The third-order valence-electron chi connectivity index (χ3n) is 5.77. The van der Waals surface area contributed by atoms with Crippen molar-refractivity contribution >= 4 is 17.7 Å². The number of anilines is 1. The van der Waals surface area contributed by atoms with E-state index in [9.17, 15) is 9.59 Å². The number of carbonyl (C=O) groups excluding carboxylic acids is 2. The zero-order valence-electron chi connectivity index (χ0n) is 19.8. The third kappa shape index (κ3) is 4.53. The smallest absolute Gasteiger partial charge is 0.408 e. The molecule has 0 bridgehead atoms. The molecule has 0 saturated carbocycles. The molecule has 1 aliphatic rings. The fraction of sp³-hybridized carbons (Fsp3) is 0.286. The summed E-state index contributed by atoms with van der Waals surface area (Å²) < 4.78 is 22.7. The molecule has 176 valence electrons. The monoisotopic (exact) mass is 460 g/mol. The van der Waals surface area contributed by atoms with Crippen LogP contribution in [0.15, 0.2) is 78.9 Å². The van der Waals surface area contributed by atoms with E-state index in [4.69, 9.17) is 4.74 Å². The number of carbonyl (C=O) groups is 2. The Kier molecular flexibility index (Phi) is 6.17. The molecule has 1 N–H and O–H groups in total. The van der Waals surface area contributed by atoms with Gasteiger partial charge >= 0.3 is 6.09 Å². The lowest BCUT2D eigenvalue weighted by Crippen LogP contribution is -2.48. The number of hydrogen-bond acceptors (Lipinski definition) is 3. The fourth-order valence-corrected chi connectivity index (χ4v) is 4.28. The van der Waals surface area contributed by atoms with Crippen molar-refractivity contribution in [2.24, 2.45) is 0 Å². The van der Waals surface area contributed by atoms with Gasteiger partial charge in [0, 0.05) is 5.56 Å². The van der Waals surface area contributed by atoms with Gasteiger partial charge in [-0.3, -0.25) is 4.79 Å². The molecule has 5 nitrogen and oxygen atoms in total. The van der Waals surface area contributed by atoms with Gasteiger partial charge in [0.15, 0.2) is 0 Å². The van der Waals surface area contributed by atoms with Crippen LogP contribution in [-0.4, -0.2) is 17.6 Å². The average Bonchev–Trinajstić information content (AvgIpc) is 2.99. The lowest BCUT2D eigenvalue weighted by molar-refractivity contribution is -0.131. The minimum Gasteiger partial charge on any atom is -0.444 e. The summed E-state index contributed by atoms with van der Waals surface area (Å²) in [5.74, 6) is -0.720. The molecule has 0 unspecified atom stereocenters. The molecular weight excluding hydrogens is 431 g/mol. The summed E-state index contributed by atoms with van der Waals surface area (Å²) in [5.41, 5.74) is -0.399. The maximum Gasteiger partial charge on any atom is 0.408 e. The molecule has 0 spiro atoms. The second-order valence-corrected chi connectivity index (χ2v) is 9.60. The summed E-state index contributed by atoms with van der Waals surface area (Å²) in [6.07, 6.45) is -0.790. The summed E-state index contributed by atoms with van der Waals surface area (Å²) in [6, 6.07) is 22.2. The van der Waals surface area contributed by atoms with E-state index in [-0.39, 0.29) is 12.1 Å². The molecular formula is C28H29FN2O3. The summed E-state index contributed by atoms with van der Waals surface area (Å²) in [4.78, 5) is 28.1. The molecule has 0 radical (unpaired) electrons.